The maximum Gasteiger partial charge on any atom is 0.0831 e. The number of hydrogen-bond donors (Lipinski definition) is 1. The van der Waals surface area contributed by atoms with Crippen molar-refractivity contribution in [2.45, 2.75) is 25.9 Å². The van der Waals surface area contributed by atoms with Crippen molar-refractivity contribution in [1.29, 1.82) is 0 Å². The van der Waals surface area contributed by atoms with Crippen LogP contribution in [0.1, 0.15) is 29.7 Å². The lowest BCUT2D eigenvalue weighted by atomic mass is 9.99. The van der Waals surface area contributed by atoms with E-state index >= 15 is 0 Å². The van der Waals surface area contributed by atoms with Crippen LogP contribution in [-0.2, 0) is 12.8 Å². The fraction of sp³-hybridized carbons (Fsp3) is 0.250. The van der Waals surface area contributed by atoms with Crippen LogP contribution in [0.2, 0.25) is 10.0 Å². The molecule has 1 unspecified atom stereocenters. The summed E-state index contributed by atoms with van der Waals surface area (Å²) in [7, 11) is 0. The van der Waals surface area contributed by atoms with Crippen LogP contribution in [0.25, 0.3) is 0 Å². The van der Waals surface area contributed by atoms with Gasteiger partial charge in [-0.1, -0.05) is 60.5 Å². The van der Waals surface area contributed by atoms with E-state index in [0.717, 1.165) is 17.5 Å². The molecule has 2 aromatic rings. The molecule has 0 saturated heterocycles. The first-order chi connectivity index (χ1) is 9.11. The summed E-state index contributed by atoms with van der Waals surface area (Å²) in [6.07, 6.45) is 0.780. The highest BCUT2D eigenvalue weighted by Crippen LogP contribution is 2.29. The minimum Gasteiger partial charge on any atom is -0.388 e. The Morgan fingerprint density at radius 2 is 1.68 bits per heavy atom. The van der Waals surface area contributed by atoms with Gasteiger partial charge in [-0.15, -0.1) is 0 Å². The van der Waals surface area contributed by atoms with Crippen molar-refractivity contribution in [3.8, 4) is 0 Å². The summed E-state index contributed by atoms with van der Waals surface area (Å²) in [4.78, 5) is 0. The van der Waals surface area contributed by atoms with Gasteiger partial charge in [0, 0.05) is 16.5 Å². The van der Waals surface area contributed by atoms with Gasteiger partial charge in [0.1, 0.15) is 0 Å². The average molecular weight is 295 g/mol. The first kappa shape index (κ1) is 14.4. The highest BCUT2D eigenvalue weighted by Gasteiger charge is 2.13. The number of benzene rings is 2. The Hall–Kier alpha value is -1.02. The van der Waals surface area contributed by atoms with Gasteiger partial charge in [0.05, 0.1) is 6.10 Å². The molecule has 100 valence electrons. The van der Waals surface area contributed by atoms with Gasteiger partial charge in [-0.2, -0.15) is 0 Å². The zero-order chi connectivity index (χ0) is 13.8. The van der Waals surface area contributed by atoms with Crippen LogP contribution >= 0.6 is 23.2 Å². The van der Waals surface area contributed by atoms with Crippen molar-refractivity contribution in [3.05, 3.63) is 69.2 Å². The van der Waals surface area contributed by atoms with Gasteiger partial charge in [-0.05, 0) is 35.2 Å². The first-order valence-electron chi connectivity index (χ1n) is 6.31. The van der Waals surface area contributed by atoms with Gasteiger partial charge in [-0.25, -0.2) is 0 Å². The molecule has 0 heterocycles. The fourth-order valence-electron chi connectivity index (χ4n) is 2.06. The molecule has 0 saturated carbocycles. The molecule has 19 heavy (non-hydrogen) atoms. The quantitative estimate of drug-likeness (QED) is 0.856. The van der Waals surface area contributed by atoms with Crippen LogP contribution in [0.4, 0.5) is 0 Å². The van der Waals surface area contributed by atoms with E-state index in [9.17, 15) is 5.11 Å². The van der Waals surface area contributed by atoms with Gasteiger partial charge in [-0.3, -0.25) is 0 Å². The molecular weight excluding hydrogens is 279 g/mol. The molecule has 0 fully saturated rings. The number of aliphatic hydroxyl groups excluding tert-OH is 1. The van der Waals surface area contributed by atoms with Gasteiger partial charge >= 0.3 is 0 Å². The minimum atomic E-state index is -0.594. The molecule has 0 aromatic heterocycles. The molecule has 2 aromatic carbocycles. The molecule has 0 bridgehead atoms. The third-order valence-corrected chi connectivity index (χ3v) is 3.91. The normalized spacial score (nSPS) is 12.4. The predicted octanol–water partition coefficient (Wildman–Crippen LogP) is 4.83. The maximum absolute atomic E-state index is 10.3. The van der Waals surface area contributed by atoms with Gasteiger partial charge < -0.3 is 5.11 Å². The third-order valence-electron chi connectivity index (χ3n) is 3.20. The Kier molecular flexibility index (Phi) is 4.87. The molecule has 0 radical (unpaired) electrons. The van der Waals surface area contributed by atoms with E-state index in [1.54, 1.807) is 18.2 Å². The topological polar surface area (TPSA) is 20.2 Å². The summed E-state index contributed by atoms with van der Waals surface area (Å²) in [6.45, 7) is 2.09. The Morgan fingerprint density at radius 1 is 1.05 bits per heavy atom. The Labute approximate surface area is 123 Å². The number of halogens is 2. The molecular formula is C16H16Cl2O. The smallest absolute Gasteiger partial charge is 0.0831 e. The van der Waals surface area contributed by atoms with E-state index in [1.807, 2.05) is 18.2 Å². The average Bonchev–Trinajstić information content (AvgIpc) is 2.43. The maximum atomic E-state index is 10.3. The molecule has 1 N–H and O–H groups in total. The third kappa shape index (κ3) is 3.50. The summed E-state index contributed by atoms with van der Waals surface area (Å²) >= 11 is 12.2. The van der Waals surface area contributed by atoms with Crippen LogP contribution in [0, 0.1) is 0 Å². The van der Waals surface area contributed by atoms with E-state index in [1.165, 1.54) is 5.56 Å². The largest absolute Gasteiger partial charge is 0.388 e. The molecule has 2 rings (SSSR count). The highest BCUT2D eigenvalue weighted by molar-refractivity contribution is 6.35. The summed E-state index contributed by atoms with van der Waals surface area (Å²) < 4.78 is 0. The second-order valence-electron chi connectivity index (χ2n) is 4.52. The van der Waals surface area contributed by atoms with Crippen LogP contribution in [-0.4, -0.2) is 5.11 Å². The van der Waals surface area contributed by atoms with E-state index in [-0.39, 0.29) is 0 Å². The van der Waals surface area contributed by atoms with Crippen LogP contribution in [0.3, 0.4) is 0 Å². The number of rotatable bonds is 4. The van der Waals surface area contributed by atoms with Crippen molar-refractivity contribution in [1.82, 2.24) is 0 Å². The summed E-state index contributed by atoms with van der Waals surface area (Å²) in [5, 5.41) is 11.5. The Bertz CT molecular complexity index is 546. The molecule has 0 amide bonds. The Morgan fingerprint density at radius 3 is 2.32 bits per heavy atom. The second-order valence-corrected chi connectivity index (χ2v) is 5.33. The van der Waals surface area contributed by atoms with Gasteiger partial charge in [0.2, 0.25) is 0 Å². The van der Waals surface area contributed by atoms with Gasteiger partial charge in [0.25, 0.3) is 0 Å². The zero-order valence-electron chi connectivity index (χ0n) is 10.7. The van der Waals surface area contributed by atoms with Crippen molar-refractivity contribution in [2.75, 3.05) is 0 Å². The lowest BCUT2D eigenvalue weighted by molar-refractivity contribution is 0.178. The lowest BCUT2D eigenvalue weighted by Crippen LogP contribution is -2.03. The number of hydrogen-bond acceptors (Lipinski definition) is 1. The monoisotopic (exact) mass is 294 g/mol. The van der Waals surface area contributed by atoms with Crippen molar-refractivity contribution in [3.63, 3.8) is 0 Å². The molecule has 1 atom stereocenters. The lowest BCUT2D eigenvalue weighted by Gasteiger charge is -2.14. The molecule has 0 aliphatic heterocycles. The highest BCUT2D eigenvalue weighted by atomic mass is 35.5. The van der Waals surface area contributed by atoms with E-state index in [4.69, 9.17) is 23.2 Å². The van der Waals surface area contributed by atoms with Crippen molar-refractivity contribution in [2.24, 2.45) is 0 Å². The SMILES string of the molecule is CCc1cccc(C(O)Cc2c(Cl)cccc2Cl)c1. The van der Waals surface area contributed by atoms with Crippen molar-refractivity contribution >= 4 is 23.2 Å². The van der Waals surface area contributed by atoms with Crippen LogP contribution in [0.15, 0.2) is 42.5 Å². The second kappa shape index (κ2) is 6.42. The standard InChI is InChI=1S/C16H16Cl2O/c1-2-11-5-3-6-12(9-11)16(19)10-13-14(17)7-4-8-15(13)18/h3-9,16,19H,2,10H2,1H3. The van der Waals surface area contributed by atoms with Crippen LogP contribution in [0.5, 0.6) is 0 Å². The zero-order valence-corrected chi connectivity index (χ0v) is 12.2. The molecule has 3 heteroatoms. The molecule has 0 aliphatic rings. The van der Waals surface area contributed by atoms with E-state index in [0.29, 0.717) is 16.5 Å². The molecule has 1 nitrogen and oxygen atoms in total. The summed E-state index contributed by atoms with van der Waals surface area (Å²) in [5.74, 6) is 0. The molecule has 0 aliphatic carbocycles. The number of aliphatic hydroxyl groups is 1. The number of aryl methyl sites for hydroxylation is 1. The van der Waals surface area contributed by atoms with E-state index in [2.05, 4.69) is 13.0 Å². The first-order valence-corrected chi connectivity index (χ1v) is 7.07. The van der Waals surface area contributed by atoms with Crippen LogP contribution < -0.4 is 0 Å². The van der Waals surface area contributed by atoms with Crippen molar-refractivity contribution < 1.29 is 5.11 Å². The minimum absolute atomic E-state index is 0.422. The van der Waals surface area contributed by atoms with Gasteiger partial charge in [0.15, 0.2) is 0 Å². The Balaban J connectivity index is 2.23. The molecule has 0 spiro atoms. The summed E-state index contributed by atoms with van der Waals surface area (Å²) in [5.41, 5.74) is 2.90. The predicted molar refractivity (Wildman–Crippen MR) is 80.9 cm³/mol. The summed E-state index contributed by atoms with van der Waals surface area (Å²) in [6, 6.07) is 13.3. The van der Waals surface area contributed by atoms with E-state index < -0.39 is 6.10 Å². The fourth-order valence-corrected chi connectivity index (χ4v) is 2.61.